The average molecular weight is 558 g/mol. The van der Waals surface area contributed by atoms with Gasteiger partial charge in [-0.2, -0.15) is 0 Å². The van der Waals surface area contributed by atoms with Gasteiger partial charge in [0.2, 0.25) is 0 Å². The van der Waals surface area contributed by atoms with Crippen molar-refractivity contribution in [2.24, 2.45) is 4.99 Å². The van der Waals surface area contributed by atoms with Crippen molar-refractivity contribution in [1.82, 2.24) is 10.6 Å². The van der Waals surface area contributed by atoms with Crippen LogP contribution in [0, 0.1) is 0 Å². The molecule has 5 nitrogen and oxygen atoms in total. The number of hydrogen-bond donors (Lipinski definition) is 2. The summed E-state index contributed by atoms with van der Waals surface area (Å²) < 4.78 is 11.4. The van der Waals surface area contributed by atoms with Crippen LogP contribution >= 0.6 is 35.6 Å². The van der Waals surface area contributed by atoms with Crippen LogP contribution in [0.5, 0.6) is 0 Å². The average Bonchev–Trinajstić information content (AvgIpc) is 2.78. The van der Waals surface area contributed by atoms with E-state index < -0.39 is 0 Å². The minimum atomic E-state index is 0. The van der Waals surface area contributed by atoms with E-state index in [0.717, 1.165) is 56.5 Å². The van der Waals surface area contributed by atoms with Crippen molar-refractivity contribution in [2.75, 3.05) is 26.3 Å². The van der Waals surface area contributed by atoms with E-state index in [4.69, 9.17) is 26.1 Å². The van der Waals surface area contributed by atoms with Crippen LogP contribution in [0.3, 0.4) is 0 Å². The van der Waals surface area contributed by atoms with Crippen molar-refractivity contribution in [3.05, 3.63) is 70.2 Å². The Bertz CT molecular complexity index is 796. The molecule has 3 rings (SSSR count). The molecule has 31 heavy (non-hydrogen) atoms. The normalized spacial score (nSPS) is 14.7. The maximum absolute atomic E-state index is 6.04. The van der Waals surface area contributed by atoms with Crippen LogP contribution < -0.4 is 10.6 Å². The van der Waals surface area contributed by atoms with Crippen LogP contribution in [0.1, 0.15) is 36.5 Å². The molecule has 170 valence electrons. The zero-order valence-corrected chi connectivity index (χ0v) is 21.2. The van der Waals surface area contributed by atoms with Gasteiger partial charge in [-0.1, -0.05) is 48.0 Å². The first-order valence-electron chi connectivity index (χ1n) is 10.8. The van der Waals surface area contributed by atoms with Crippen LogP contribution in [-0.4, -0.2) is 38.4 Å². The largest absolute Gasteiger partial charge is 0.381 e. The lowest BCUT2D eigenvalue weighted by molar-refractivity contribution is -0.0390. The van der Waals surface area contributed by atoms with Crippen molar-refractivity contribution in [3.63, 3.8) is 0 Å². The molecule has 2 N–H and O–H groups in total. The molecule has 1 saturated heterocycles. The minimum absolute atomic E-state index is 0. The van der Waals surface area contributed by atoms with E-state index in [9.17, 15) is 0 Å². The van der Waals surface area contributed by atoms with E-state index in [1.54, 1.807) is 0 Å². The highest BCUT2D eigenvalue weighted by atomic mass is 127. The second-order valence-corrected chi connectivity index (χ2v) is 7.88. The third-order valence-electron chi connectivity index (χ3n) is 5.03. The van der Waals surface area contributed by atoms with E-state index in [-0.39, 0.29) is 24.0 Å². The maximum atomic E-state index is 6.04. The Kier molecular flexibility index (Phi) is 12.3. The zero-order chi connectivity index (χ0) is 21.0. The molecule has 0 aromatic heterocycles. The summed E-state index contributed by atoms with van der Waals surface area (Å²) in [7, 11) is 0. The smallest absolute Gasteiger partial charge is 0.191 e. The molecular formula is C24H33ClIN3O2. The third kappa shape index (κ3) is 9.76. The molecule has 1 heterocycles. The van der Waals surface area contributed by atoms with Gasteiger partial charge in [0.05, 0.1) is 19.3 Å². The maximum Gasteiger partial charge on any atom is 0.191 e. The predicted molar refractivity (Wildman–Crippen MR) is 138 cm³/mol. The Morgan fingerprint density at radius 3 is 2.55 bits per heavy atom. The first-order valence-corrected chi connectivity index (χ1v) is 11.1. The van der Waals surface area contributed by atoms with E-state index >= 15 is 0 Å². The zero-order valence-electron chi connectivity index (χ0n) is 18.1. The standard InChI is InChI=1S/C24H32ClN3O2.HI/c1-2-26-24(27-13-10-19-6-8-22(25)9-7-19)28-17-20-4-3-5-21(16-20)18-30-23-11-14-29-15-12-23;/h3-9,16,23H,2,10-15,17-18H2,1H3,(H2,26,27,28);1H. The molecule has 0 amide bonds. The quantitative estimate of drug-likeness (QED) is 0.260. The van der Waals surface area contributed by atoms with Crippen LogP contribution in [0.25, 0.3) is 0 Å². The molecule has 1 fully saturated rings. The molecule has 0 atom stereocenters. The van der Waals surface area contributed by atoms with E-state index in [0.29, 0.717) is 19.3 Å². The van der Waals surface area contributed by atoms with Crippen LogP contribution in [-0.2, 0) is 29.0 Å². The Morgan fingerprint density at radius 2 is 1.81 bits per heavy atom. The molecular weight excluding hydrogens is 525 g/mol. The second-order valence-electron chi connectivity index (χ2n) is 7.44. The summed E-state index contributed by atoms with van der Waals surface area (Å²) in [6.45, 7) is 6.58. The van der Waals surface area contributed by atoms with Gasteiger partial charge in [0.25, 0.3) is 0 Å². The summed E-state index contributed by atoms with van der Waals surface area (Å²) in [6.07, 6.45) is 3.20. The SMILES string of the molecule is CCNC(=NCc1cccc(COC2CCOCC2)c1)NCCc1ccc(Cl)cc1.I. The molecule has 2 aromatic rings. The Labute approximate surface area is 208 Å². The summed E-state index contributed by atoms with van der Waals surface area (Å²) in [6, 6.07) is 16.4. The van der Waals surface area contributed by atoms with Crippen LogP contribution in [0.4, 0.5) is 0 Å². The van der Waals surface area contributed by atoms with Gasteiger partial charge in [-0.25, -0.2) is 4.99 Å². The number of ether oxygens (including phenoxy) is 2. The molecule has 7 heteroatoms. The fourth-order valence-corrected chi connectivity index (χ4v) is 3.49. The van der Waals surface area contributed by atoms with Gasteiger partial charge in [-0.3, -0.25) is 0 Å². The number of halogens is 2. The van der Waals surface area contributed by atoms with Crippen LogP contribution in [0.2, 0.25) is 5.02 Å². The van der Waals surface area contributed by atoms with Gasteiger partial charge in [-0.15, -0.1) is 24.0 Å². The first kappa shape index (κ1) is 25.9. The number of nitrogens with zero attached hydrogens (tertiary/aromatic N) is 1. The van der Waals surface area contributed by atoms with Crippen molar-refractivity contribution in [1.29, 1.82) is 0 Å². The predicted octanol–water partition coefficient (Wildman–Crippen LogP) is 4.95. The lowest BCUT2D eigenvalue weighted by atomic mass is 10.1. The van der Waals surface area contributed by atoms with Gasteiger partial charge < -0.3 is 20.1 Å². The van der Waals surface area contributed by atoms with Gasteiger partial charge in [-0.05, 0) is 55.0 Å². The molecule has 0 radical (unpaired) electrons. The fourth-order valence-electron chi connectivity index (χ4n) is 3.36. The highest BCUT2D eigenvalue weighted by molar-refractivity contribution is 14.0. The third-order valence-corrected chi connectivity index (χ3v) is 5.28. The number of hydrogen-bond acceptors (Lipinski definition) is 3. The molecule has 0 spiro atoms. The van der Waals surface area contributed by atoms with Gasteiger partial charge in [0.1, 0.15) is 0 Å². The number of benzene rings is 2. The van der Waals surface area contributed by atoms with Gasteiger partial charge in [0.15, 0.2) is 5.96 Å². The Balaban J connectivity index is 0.00000341. The van der Waals surface area contributed by atoms with E-state index in [1.165, 1.54) is 16.7 Å². The van der Waals surface area contributed by atoms with Gasteiger partial charge in [0, 0.05) is 31.3 Å². The second kappa shape index (κ2) is 14.7. The molecule has 1 aliphatic heterocycles. The molecule has 0 bridgehead atoms. The topological polar surface area (TPSA) is 54.9 Å². The lowest BCUT2D eigenvalue weighted by Crippen LogP contribution is -2.38. The molecule has 0 saturated carbocycles. The number of rotatable bonds is 9. The van der Waals surface area contributed by atoms with E-state index in [2.05, 4.69) is 54.0 Å². The first-order chi connectivity index (χ1) is 14.7. The Morgan fingerprint density at radius 1 is 1.06 bits per heavy atom. The fraction of sp³-hybridized carbons (Fsp3) is 0.458. The minimum Gasteiger partial charge on any atom is -0.381 e. The molecule has 0 aliphatic carbocycles. The van der Waals surface area contributed by atoms with Crippen molar-refractivity contribution in [3.8, 4) is 0 Å². The molecule has 0 unspecified atom stereocenters. The number of aliphatic imine (C=N–C) groups is 1. The van der Waals surface area contributed by atoms with Crippen molar-refractivity contribution < 1.29 is 9.47 Å². The summed E-state index contributed by atoms with van der Waals surface area (Å²) in [5.74, 6) is 0.829. The summed E-state index contributed by atoms with van der Waals surface area (Å²) in [5.41, 5.74) is 3.62. The van der Waals surface area contributed by atoms with Crippen molar-refractivity contribution >= 4 is 41.5 Å². The molecule has 2 aromatic carbocycles. The Hall–Kier alpha value is -1.35. The number of guanidine groups is 1. The van der Waals surface area contributed by atoms with E-state index in [1.807, 2.05) is 12.1 Å². The summed E-state index contributed by atoms with van der Waals surface area (Å²) in [4.78, 5) is 4.74. The lowest BCUT2D eigenvalue weighted by Gasteiger charge is -2.22. The van der Waals surface area contributed by atoms with Crippen LogP contribution in [0.15, 0.2) is 53.5 Å². The summed E-state index contributed by atoms with van der Waals surface area (Å²) >= 11 is 5.95. The van der Waals surface area contributed by atoms with Crippen molar-refractivity contribution in [2.45, 2.75) is 45.4 Å². The monoisotopic (exact) mass is 557 g/mol. The molecule has 1 aliphatic rings. The summed E-state index contributed by atoms with van der Waals surface area (Å²) in [5, 5.41) is 7.48. The van der Waals surface area contributed by atoms with Gasteiger partial charge >= 0.3 is 0 Å². The number of nitrogens with one attached hydrogen (secondary N) is 2. The highest BCUT2D eigenvalue weighted by Gasteiger charge is 2.14. The highest BCUT2D eigenvalue weighted by Crippen LogP contribution is 2.15.